The van der Waals surface area contributed by atoms with Crippen LogP contribution in [0.3, 0.4) is 0 Å². The predicted octanol–water partition coefficient (Wildman–Crippen LogP) is 1.75. The van der Waals surface area contributed by atoms with E-state index >= 15 is 0 Å². The number of ether oxygens (including phenoxy) is 1. The normalized spacial score (nSPS) is 22.7. The van der Waals surface area contributed by atoms with Crippen LogP contribution in [-0.2, 0) is 6.42 Å². The van der Waals surface area contributed by atoms with Gasteiger partial charge in [-0.3, -0.25) is 15.0 Å². The number of hydrogen-bond acceptors (Lipinski definition) is 6. The summed E-state index contributed by atoms with van der Waals surface area (Å²) >= 11 is 0. The van der Waals surface area contributed by atoms with Gasteiger partial charge >= 0.3 is 5.69 Å². The van der Waals surface area contributed by atoms with Crippen molar-refractivity contribution < 1.29 is 9.66 Å². The van der Waals surface area contributed by atoms with E-state index in [-0.39, 0.29) is 10.6 Å². The Morgan fingerprint density at radius 3 is 2.52 bits per heavy atom. The second kappa shape index (κ2) is 6.80. The summed E-state index contributed by atoms with van der Waals surface area (Å²) in [5, 5.41) is 11.2. The third-order valence-electron chi connectivity index (χ3n) is 5.87. The molecule has 1 aromatic carbocycles. The molecule has 2 saturated heterocycles. The molecular formula is C18H26N4O3. The molecular weight excluding hydrogens is 320 g/mol. The summed E-state index contributed by atoms with van der Waals surface area (Å²) in [5.74, 6) is 0.490. The van der Waals surface area contributed by atoms with Gasteiger partial charge in [-0.25, -0.2) is 0 Å². The van der Waals surface area contributed by atoms with Crippen molar-refractivity contribution in [3.8, 4) is 5.75 Å². The number of nitrogens with zero attached hydrogens (tertiary/aromatic N) is 4. The molecule has 0 spiro atoms. The summed E-state index contributed by atoms with van der Waals surface area (Å²) in [4.78, 5) is 18.3. The summed E-state index contributed by atoms with van der Waals surface area (Å²) in [6.07, 6.45) is 3.09. The van der Waals surface area contributed by atoms with Crippen molar-refractivity contribution in [3.05, 3.63) is 27.8 Å². The van der Waals surface area contributed by atoms with Crippen molar-refractivity contribution in [2.24, 2.45) is 0 Å². The first-order valence-electron chi connectivity index (χ1n) is 9.24. The lowest BCUT2D eigenvalue weighted by molar-refractivity contribution is -0.385. The molecule has 3 aliphatic rings. The quantitative estimate of drug-likeness (QED) is 0.614. The lowest BCUT2D eigenvalue weighted by Gasteiger charge is -2.42. The fourth-order valence-electron chi connectivity index (χ4n) is 4.36. The Hall–Kier alpha value is -1.86. The first-order chi connectivity index (χ1) is 12.1. The summed E-state index contributed by atoms with van der Waals surface area (Å²) in [5.41, 5.74) is 2.26. The van der Waals surface area contributed by atoms with E-state index in [1.54, 1.807) is 6.07 Å². The van der Waals surface area contributed by atoms with Gasteiger partial charge in [-0.05, 0) is 26.0 Å². The minimum Gasteiger partial charge on any atom is -0.486 e. The predicted molar refractivity (Wildman–Crippen MR) is 96.6 cm³/mol. The van der Waals surface area contributed by atoms with Crippen molar-refractivity contribution in [2.75, 3.05) is 57.8 Å². The Morgan fingerprint density at radius 2 is 1.84 bits per heavy atom. The van der Waals surface area contributed by atoms with E-state index in [2.05, 4.69) is 21.7 Å². The molecule has 0 unspecified atom stereocenters. The van der Waals surface area contributed by atoms with Gasteiger partial charge in [-0.2, -0.15) is 0 Å². The molecule has 0 radical (unpaired) electrons. The van der Waals surface area contributed by atoms with Crippen LogP contribution in [0.5, 0.6) is 5.75 Å². The maximum atomic E-state index is 11.2. The molecule has 2 fully saturated rings. The first-order valence-corrected chi connectivity index (χ1v) is 9.24. The van der Waals surface area contributed by atoms with E-state index < -0.39 is 0 Å². The van der Waals surface area contributed by atoms with E-state index in [0.717, 1.165) is 56.7 Å². The van der Waals surface area contributed by atoms with Gasteiger partial charge < -0.3 is 14.5 Å². The van der Waals surface area contributed by atoms with Crippen molar-refractivity contribution in [2.45, 2.75) is 25.3 Å². The van der Waals surface area contributed by atoms with Crippen molar-refractivity contribution in [1.29, 1.82) is 0 Å². The smallest absolute Gasteiger partial charge is 0.311 e. The first kappa shape index (κ1) is 16.6. The molecule has 7 heteroatoms. The fraction of sp³-hybridized carbons (Fsp3) is 0.667. The van der Waals surface area contributed by atoms with Crippen LogP contribution in [0.4, 0.5) is 11.4 Å². The number of rotatable bonds is 3. The van der Waals surface area contributed by atoms with Gasteiger partial charge in [0.25, 0.3) is 0 Å². The van der Waals surface area contributed by atoms with E-state index in [1.807, 2.05) is 6.07 Å². The number of fused-ring (bicyclic) bond motifs is 1. The Morgan fingerprint density at radius 1 is 1.12 bits per heavy atom. The molecule has 25 heavy (non-hydrogen) atoms. The van der Waals surface area contributed by atoms with E-state index in [9.17, 15) is 10.1 Å². The van der Waals surface area contributed by atoms with Gasteiger partial charge in [-0.15, -0.1) is 0 Å². The highest BCUT2D eigenvalue weighted by atomic mass is 16.6. The van der Waals surface area contributed by atoms with Crippen molar-refractivity contribution in [1.82, 2.24) is 9.80 Å². The number of nitro groups is 1. The zero-order valence-corrected chi connectivity index (χ0v) is 14.8. The summed E-state index contributed by atoms with van der Waals surface area (Å²) < 4.78 is 5.57. The second-order valence-electron chi connectivity index (χ2n) is 7.32. The Balaban J connectivity index is 1.45. The minimum absolute atomic E-state index is 0.101. The van der Waals surface area contributed by atoms with Crippen LogP contribution in [0.15, 0.2) is 12.1 Å². The van der Waals surface area contributed by atoms with Crippen molar-refractivity contribution >= 4 is 11.4 Å². The number of piperazine rings is 1. The van der Waals surface area contributed by atoms with Crippen LogP contribution >= 0.6 is 0 Å². The zero-order chi connectivity index (χ0) is 17.4. The number of anilines is 1. The average Bonchev–Trinajstić information content (AvgIpc) is 3.11. The average molecular weight is 346 g/mol. The molecule has 0 amide bonds. The third kappa shape index (κ3) is 3.18. The molecule has 0 bridgehead atoms. The second-order valence-corrected chi connectivity index (χ2v) is 7.32. The van der Waals surface area contributed by atoms with Crippen LogP contribution in [0.25, 0.3) is 0 Å². The molecule has 3 heterocycles. The molecule has 0 saturated carbocycles. The molecule has 0 aliphatic carbocycles. The topological polar surface area (TPSA) is 62.1 Å². The number of likely N-dealkylation sites (N-methyl/N-ethyl adjacent to an activating group) is 1. The van der Waals surface area contributed by atoms with Gasteiger partial charge in [0.05, 0.1) is 11.5 Å². The van der Waals surface area contributed by atoms with Crippen molar-refractivity contribution in [3.63, 3.8) is 0 Å². The summed E-state index contributed by atoms with van der Waals surface area (Å²) in [6.45, 7) is 7.23. The van der Waals surface area contributed by atoms with E-state index in [0.29, 0.717) is 18.4 Å². The highest BCUT2D eigenvalue weighted by Gasteiger charge is 2.31. The van der Waals surface area contributed by atoms with Crippen LogP contribution in [0.2, 0.25) is 0 Å². The van der Waals surface area contributed by atoms with Crippen LogP contribution in [0.1, 0.15) is 18.4 Å². The van der Waals surface area contributed by atoms with Gasteiger partial charge in [0.15, 0.2) is 0 Å². The molecule has 0 N–H and O–H groups in total. The van der Waals surface area contributed by atoms with Crippen LogP contribution < -0.4 is 9.64 Å². The Kier molecular flexibility index (Phi) is 4.52. The van der Waals surface area contributed by atoms with Gasteiger partial charge in [0.1, 0.15) is 0 Å². The fourth-order valence-corrected chi connectivity index (χ4v) is 4.36. The third-order valence-corrected chi connectivity index (χ3v) is 5.87. The molecule has 0 aromatic heterocycles. The molecule has 3 aliphatic heterocycles. The summed E-state index contributed by atoms with van der Waals surface area (Å²) in [7, 11) is 2.19. The largest absolute Gasteiger partial charge is 0.486 e. The SMILES string of the molecule is CN1CCN(C2CCN(c3ccc([N+](=O)[O-])c4c3CCO4)CC2)CC1. The molecule has 0 atom stereocenters. The summed E-state index contributed by atoms with van der Waals surface area (Å²) in [6, 6.07) is 4.20. The van der Waals surface area contributed by atoms with Crippen LogP contribution in [0, 0.1) is 10.1 Å². The van der Waals surface area contributed by atoms with Gasteiger partial charge in [-0.1, -0.05) is 0 Å². The lowest BCUT2D eigenvalue weighted by atomic mass is 9.99. The monoisotopic (exact) mass is 346 g/mol. The number of hydrogen-bond donors (Lipinski definition) is 0. The number of benzene rings is 1. The van der Waals surface area contributed by atoms with Gasteiger partial charge in [0, 0.05) is 69.0 Å². The standard InChI is InChI=1S/C18H26N4O3/c1-19-9-11-20(12-10-19)14-4-7-21(8-5-14)16-2-3-17(22(23)24)18-15(16)6-13-25-18/h2-3,14H,4-13H2,1H3. The maximum Gasteiger partial charge on any atom is 0.311 e. The number of nitro benzene ring substituents is 1. The minimum atomic E-state index is -0.340. The molecule has 4 rings (SSSR count). The highest BCUT2D eigenvalue weighted by molar-refractivity contribution is 5.68. The molecule has 136 valence electrons. The Labute approximate surface area is 148 Å². The number of piperidine rings is 1. The maximum absolute atomic E-state index is 11.2. The van der Waals surface area contributed by atoms with E-state index in [1.165, 1.54) is 13.1 Å². The van der Waals surface area contributed by atoms with Crippen LogP contribution in [-0.4, -0.2) is 73.7 Å². The lowest BCUT2D eigenvalue weighted by Crippen LogP contribution is -2.52. The van der Waals surface area contributed by atoms with E-state index in [4.69, 9.17) is 4.74 Å². The highest BCUT2D eigenvalue weighted by Crippen LogP contribution is 2.42. The molecule has 1 aromatic rings. The Bertz CT molecular complexity index is 650. The van der Waals surface area contributed by atoms with Gasteiger partial charge in [0.2, 0.25) is 5.75 Å². The zero-order valence-electron chi connectivity index (χ0n) is 14.8. The molecule has 7 nitrogen and oxygen atoms in total.